The van der Waals surface area contributed by atoms with E-state index in [1.165, 1.54) is 12.1 Å². The van der Waals surface area contributed by atoms with Gasteiger partial charge in [0.15, 0.2) is 11.6 Å². The van der Waals surface area contributed by atoms with Gasteiger partial charge in [-0.15, -0.1) is 0 Å². The second kappa shape index (κ2) is 6.03. The number of hydrogen-bond acceptors (Lipinski definition) is 2. The second-order valence-corrected chi connectivity index (χ2v) is 5.61. The number of hydrogen-bond donors (Lipinski definition) is 2. The van der Waals surface area contributed by atoms with Crippen LogP contribution in [0.3, 0.4) is 0 Å². The normalized spacial score (nSPS) is 10.4. The third-order valence-corrected chi connectivity index (χ3v) is 4.00. The lowest BCUT2D eigenvalue weighted by Gasteiger charge is -2.11. The summed E-state index contributed by atoms with van der Waals surface area (Å²) in [6, 6.07) is 7.65. The quantitative estimate of drug-likeness (QED) is 0.758. The van der Waals surface area contributed by atoms with Crippen LogP contribution in [0.5, 0.6) is 0 Å². The van der Waals surface area contributed by atoms with Crippen LogP contribution < -0.4 is 11.1 Å². The molecule has 0 unspecified atom stereocenters. The van der Waals surface area contributed by atoms with Crippen LogP contribution in [0.4, 0.5) is 20.2 Å². The number of rotatable bonds is 3. The first-order chi connectivity index (χ1) is 9.40. The molecule has 20 heavy (non-hydrogen) atoms. The summed E-state index contributed by atoms with van der Waals surface area (Å²) in [5, 5.41) is 3.20. The smallest absolute Gasteiger partial charge is 0.182 e. The Morgan fingerprint density at radius 3 is 2.50 bits per heavy atom. The molecule has 0 saturated carbocycles. The maximum absolute atomic E-state index is 13.9. The van der Waals surface area contributed by atoms with Crippen LogP contribution in [-0.4, -0.2) is 4.99 Å². The Morgan fingerprint density at radius 1 is 1.20 bits per heavy atom. The minimum Gasteiger partial charge on any atom is -0.389 e. The van der Waals surface area contributed by atoms with Crippen molar-refractivity contribution in [2.75, 3.05) is 5.32 Å². The van der Waals surface area contributed by atoms with Crippen molar-refractivity contribution in [3.05, 3.63) is 57.0 Å². The fourth-order valence-electron chi connectivity index (χ4n) is 1.57. The summed E-state index contributed by atoms with van der Waals surface area (Å²) in [6.07, 6.45) is 0. The number of halogens is 4. The summed E-state index contributed by atoms with van der Waals surface area (Å²) in [5.41, 5.74) is 5.68. The molecule has 0 spiro atoms. The first-order valence-corrected chi connectivity index (χ1v) is 6.98. The lowest BCUT2D eigenvalue weighted by atomic mass is 10.1. The van der Waals surface area contributed by atoms with Crippen molar-refractivity contribution in [1.29, 1.82) is 0 Å². The molecule has 2 nitrogen and oxygen atoms in total. The fourth-order valence-corrected chi connectivity index (χ4v) is 2.15. The van der Waals surface area contributed by atoms with E-state index >= 15 is 0 Å². The third kappa shape index (κ3) is 3.08. The molecule has 0 radical (unpaired) electrons. The molecule has 0 aliphatic heterocycles. The van der Waals surface area contributed by atoms with E-state index in [0.29, 0.717) is 15.2 Å². The molecule has 0 aliphatic rings. The molecular formula is C13H8BrClF2N2S. The number of nitrogens with one attached hydrogen (secondary N) is 1. The third-order valence-electron chi connectivity index (χ3n) is 2.55. The molecule has 0 saturated heterocycles. The Morgan fingerprint density at radius 2 is 1.90 bits per heavy atom. The highest BCUT2D eigenvalue weighted by Gasteiger charge is 2.15. The van der Waals surface area contributed by atoms with Gasteiger partial charge in [-0.2, -0.15) is 0 Å². The van der Waals surface area contributed by atoms with Crippen LogP contribution in [0.2, 0.25) is 5.02 Å². The topological polar surface area (TPSA) is 38.0 Å². The summed E-state index contributed by atoms with van der Waals surface area (Å²) in [4.78, 5) is -0.195. The van der Waals surface area contributed by atoms with Crippen LogP contribution in [0.1, 0.15) is 5.56 Å². The van der Waals surface area contributed by atoms with Crippen molar-refractivity contribution in [1.82, 2.24) is 0 Å². The number of anilines is 2. The molecule has 3 N–H and O–H groups in total. The van der Waals surface area contributed by atoms with E-state index in [1.807, 2.05) is 0 Å². The first kappa shape index (κ1) is 15.2. The minimum atomic E-state index is -1.08. The van der Waals surface area contributed by atoms with Crippen molar-refractivity contribution in [3.63, 3.8) is 0 Å². The van der Waals surface area contributed by atoms with Gasteiger partial charge in [-0.05, 0) is 46.3 Å². The van der Waals surface area contributed by atoms with Crippen LogP contribution in [0.15, 0.2) is 34.8 Å². The molecule has 104 valence electrons. The van der Waals surface area contributed by atoms with Gasteiger partial charge >= 0.3 is 0 Å². The van der Waals surface area contributed by atoms with Gasteiger partial charge in [-0.25, -0.2) is 8.78 Å². The van der Waals surface area contributed by atoms with E-state index in [-0.39, 0.29) is 16.2 Å². The van der Waals surface area contributed by atoms with Crippen LogP contribution >= 0.6 is 39.7 Å². The fraction of sp³-hybridized carbons (Fsp3) is 0. The molecule has 2 aromatic rings. The highest BCUT2D eigenvalue weighted by molar-refractivity contribution is 9.10. The Kier molecular flexibility index (Phi) is 4.57. The molecule has 0 bridgehead atoms. The molecule has 0 fully saturated rings. The molecule has 0 atom stereocenters. The molecule has 2 rings (SSSR count). The van der Waals surface area contributed by atoms with Gasteiger partial charge in [0.2, 0.25) is 0 Å². The molecule has 0 amide bonds. The Bertz CT molecular complexity index is 694. The average Bonchev–Trinajstić information content (AvgIpc) is 2.39. The Hall–Kier alpha value is -1.24. The predicted molar refractivity (Wildman–Crippen MR) is 84.7 cm³/mol. The SMILES string of the molecule is NC(=S)c1ccc(Nc2ccc(Br)c(Cl)c2)c(F)c1F. The summed E-state index contributed by atoms with van der Waals surface area (Å²) in [6.45, 7) is 0. The van der Waals surface area contributed by atoms with Gasteiger partial charge in [0.05, 0.1) is 10.7 Å². The highest BCUT2D eigenvalue weighted by atomic mass is 79.9. The second-order valence-electron chi connectivity index (χ2n) is 3.91. The highest BCUT2D eigenvalue weighted by Crippen LogP contribution is 2.29. The predicted octanol–water partition coefficient (Wildman–Crippen LogP) is 4.76. The lowest BCUT2D eigenvalue weighted by molar-refractivity contribution is 0.510. The van der Waals surface area contributed by atoms with Crippen molar-refractivity contribution < 1.29 is 8.78 Å². The van der Waals surface area contributed by atoms with Gasteiger partial charge in [0.1, 0.15) is 4.99 Å². The summed E-state index contributed by atoms with van der Waals surface area (Å²) < 4.78 is 28.3. The van der Waals surface area contributed by atoms with Gasteiger partial charge < -0.3 is 11.1 Å². The van der Waals surface area contributed by atoms with Crippen LogP contribution in [0.25, 0.3) is 0 Å². The van der Waals surface area contributed by atoms with E-state index in [4.69, 9.17) is 17.3 Å². The van der Waals surface area contributed by atoms with Crippen molar-refractivity contribution >= 4 is 56.1 Å². The van der Waals surface area contributed by atoms with Crippen molar-refractivity contribution in [2.45, 2.75) is 0 Å². The summed E-state index contributed by atoms with van der Waals surface area (Å²) in [5.74, 6) is -2.12. The van der Waals surface area contributed by atoms with Gasteiger partial charge in [-0.1, -0.05) is 23.8 Å². The maximum Gasteiger partial charge on any atom is 0.182 e. The Labute approximate surface area is 133 Å². The lowest BCUT2D eigenvalue weighted by Crippen LogP contribution is -2.13. The first-order valence-electron chi connectivity index (χ1n) is 5.40. The summed E-state index contributed by atoms with van der Waals surface area (Å²) >= 11 is 13.8. The largest absolute Gasteiger partial charge is 0.389 e. The number of benzene rings is 2. The Balaban J connectivity index is 2.37. The van der Waals surface area contributed by atoms with Crippen molar-refractivity contribution in [2.24, 2.45) is 5.73 Å². The van der Waals surface area contributed by atoms with E-state index in [1.54, 1.807) is 18.2 Å². The summed E-state index contributed by atoms with van der Waals surface area (Å²) in [7, 11) is 0. The van der Waals surface area contributed by atoms with E-state index in [9.17, 15) is 8.78 Å². The molecule has 2 aromatic carbocycles. The van der Waals surface area contributed by atoms with E-state index in [2.05, 4.69) is 33.5 Å². The van der Waals surface area contributed by atoms with Gasteiger partial charge in [-0.3, -0.25) is 0 Å². The maximum atomic E-state index is 13.9. The standard InChI is InChI=1S/C13H8BrClF2N2S/c14-8-3-1-6(5-9(8)15)19-10-4-2-7(13(18)20)11(16)12(10)17/h1-5,19H,(H2,18,20). The zero-order valence-corrected chi connectivity index (χ0v) is 13.0. The number of thiocarbonyl (C=S) groups is 1. The molecule has 0 aliphatic carbocycles. The molecule has 7 heteroatoms. The monoisotopic (exact) mass is 376 g/mol. The molecule has 0 heterocycles. The zero-order valence-electron chi connectivity index (χ0n) is 9.88. The van der Waals surface area contributed by atoms with Crippen LogP contribution in [-0.2, 0) is 0 Å². The van der Waals surface area contributed by atoms with E-state index in [0.717, 1.165) is 0 Å². The van der Waals surface area contributed by atoms with E-state index < -0.39 is 11.6 Å². The van der Waals surface area contributed by atoms with Crippen LogP contribution in [0, 0.1) is 11.6 Å². The van der Waals surface area contributed by atoms with Gasteiger partial charge in [0.25, 0.3) is 0 Å². The van der Waals surface area contributed by atoms with Gasteiger partial charge in [0, 0.05) is 15.7 Å². The van der Waals surface area contributed by atoms with Crippen molar-refractivity contribution in [3.8, 4) is 0 Å². The zero-order chi connectivity index (χ0) is 14.9. The minimum absolute atomic E-state index is 0.0270. The average molecular weight is 378 g/mol. The number of nitrogens with two attached hydrogens (primary N) is 1. The molecule has 0 aromatic heterocycles. The molecular weight excluding hydrogens is 370 g/mol.